The molecule has 2 aromatic carbocycles. The third-order valence-electron chi connectivity index (χ3n) is 6.50. The minimum absolute atomic E-state index is 0.0312. The smallest absolute Gasteiger partial charge is 0.417 e. The highest BCUT2D eigenvalue weighted by Crippen LogP contribution is 2.47. The highest BCUT2D eigenvalue weighted by atomic mass is 19.4. The molecule has 0 saturated heterocycles. The molecule has 39 heavy (non-hydrogen) atoms. The molecule has 0 aliphatic carbocycles. The van der Waals surface area contributed by atoms with Crippen molar-refractivity contribution >= 4 is 23.2 Å². The first kappa shape index (κ1) is 34.0. The van der Waals surface area contributed by atoms with Gasteiger partial charge >= 0.3 is 12.1 Å². The van der Waals surface area contributed by atoms with Gasteiger partial charge in [-0.15, -0.1) is 0 Å². The largest absolute Gasteiger partial charge is 0.493 e. The molecule has 2 N–H and O–H groups in total. The van der Waals surface area contributed by atoms with Crippen molar-refractivity contribution < 1.29 is 27.4 Å². The van der Waals surface area contributed by atoms with Gasteiger partial charge in [0, 0.05) is 11.1 Å². The molecule has 7 heteroatoms. The Bertz CT molecular complexity index is 1100. The van der Waals surface area contributed by atoms with E-state index in [1.54, 1.807) is 24.3 Å². The van der Waals surface area contributed by atoms with Gasteiger partial charge in [0.15, 0.2) is 0 Å². The number of nitrogens with two attached hydrogens (primary N) is 1. The van der Waals surface area contributed by atoms with Crippen LogP contribution in [0.4, 0.5) is 13.2 Å². The number of allylic oxidation sites excluding steroid dienone is 2. The van der Waals surface area contributed by atoms with E-state index in [0.29, 0.717) is 41.9 Å². The zero-order valence-electron chi connectivity index (χ0n) is 24.2. The molecule has 0 bridgehead atoms. The Balaban J connectivity index is 0.00000113. The highest BCUT2D eigenvalue weighted by Gasteiger charge is 2.39. The number of alkyl halides is 3. The molecule has 1 atom stereocenters. The van der Waals surface area contributed by atoms with Crippen LogP contribution in [0.1, 0.15) is 93.5 Å². The quantitative estimate of drug-likeness (QED) is 0.213. The van der Waals surface area contributed by atoms with Crippen LogP contribution in [0.5, 0.6) is 5.75 Å². The van der Waals surface area contributed by atoms with E-state index in [9.17, 15) is 18.0 Å². The predicted molar refractivity (Wildman–Crippen MR) is 156 cm³/mol. The lowest BCUT2D eigenvalue weighted by Crippen LogP contribution is -2.15. The van der Waals surface area contributed by atoms with Crippen LogP contribution in [0, 0.1) is 6.92 Å². The molecule has 0 heterocycles. The van der Waals surface area contributed by atoms with Crippen molar-refractivity contribution in [3.63, 3.8) is 0 Å². The van der Waals surface area contributed by atoms with Crippen LogP contribution in [-0.4, -0.2) is 32.4 Å². The van der Waals surface area contributed by atoms with E-state index in [4.69, 9.17) is 10.5 Å². The summed E-state index contributed by atoms with van der Waals surface area (Å²) in [7, 11) is 1.30. The molecule has 0 amide bonds. The summed E-state index contributed by atoms with van der Waals surface area (Å²) in [6.45, 7) is 14.4. The number of carbonyl (C=O) groups excluding carboxylic acids is 1. The van der Waals surface area contributed by atoms with E-state index in [0.717, 1.165) is 30.4 Å². The minimum Gasteiger partial charge on any atom is -0.493 e. The second-order valence-corrected chi connectivity index (χ2v) is 9.36. The number of ether oxygens (including phenoxy) is 2. The molecule has 216 valence electrons. The Morgan fingerprint density at radius 3 is 2.23 bits per heavy atom. The van der Waals surface area contributed by atoms with Crippen molar-refractivity contribution in [1.82, 2.24) is 0 Å². The van der Waals surface area contributed by atoms with Gasteiger partial charge in [-0.2, -0.15) is 13.2 Å². The number of hydrogen-bond acceptors (Lipinski definition) is 4. The van der Waals surface area contributed by atoms with Gasteiger partial charge < -0.3 is 15.2 Å². The van der Waals surface area contributed by atoms with E-state index in [-0.39, 0.29) is 24.0 Å². The lowest BCUT2D eigenvalue weighted by Gasteiger charge is -2.26. The van der Waals surface area contributed by atoms with Crippen LogP contribution in [-0.2, 0) is 9.53 Å². The van der Waals surface area contributed by atoms with Gasteiger partial charge in [-0.1, -0.05) is 83.2 Å². The Labute approximate surface area is 232 Å². The van der Waals surface area contributed by atoms with Crippen LogP contribution < -0.4 is 10.5 Å². The van der Waals surface area contributed by atoms with Crippen LogP contribution in [0.3, 0.4) is 0 Å². The average Bonchev–Trinajstić information content (AvgIpc) is 2.93. The molecule has 0 saturated carbocycles. The molecule has 2 aromatic rings. The third kappa shape index (κ3) is 9.57. The fraction of sp³-hybridized carbons (Fsp3) is 0.469. The highest BCUT2D eigenvalue weighted by molar-refractivity contribution is 5.97. The van der Waals surface area contributed by atoms with E-state index in [1.807, 2.05) is 32.9 Å². The number of aryl methyl sites for hydroxylation is 1. The maximum absolute atomic E-state index is 14.7. The number of esters is 1. The van der Waals surface area contributed by atoms with Gasteiger partial charge in [0.25, 0.3) is 0 Å². The van der Waals surface area contributed by atoms with Crippen LogP contribution in [0.2, 0.25) is 0 Å². The maximum Gasteiger partial charge on any atom is 0.417 e. The van der Waals surface area contributed by atoms with Crippen molar-refractivity contribution in [2.24, 2.45) is 5.73 Å². The number of hydrogen-bond donors (Lipinski definition) is 1. The monoisotopic (exact) mass is 547 g/mol. The Kier molecular flexibility index (Phi) is 14.6. The summed E-state index contributed by atoms with van der Waals surface area (Å²) >= 11 is 0. The molecular formula is C32H44F3NO3. The molecular weight excluding hydrogens is 503 g/mol. The molecule has 0 aliphatic heterocycles. The standard InChI is InChI=1S/C29H37F3O.C3H7NO2/c1-7-11-15-24(27(29(30,31)32)23-16-13-12-14-22(23)10-4)25-18-17-21(6)26(20(5)9-3)28(25)33-19-8-2;1-6-3(5)2-4/h10,12-14,16-18,20H,4,7-9,11,15,19H2,1-3,5-6H3;2,4H2,1H3/b27-24-;. The topological polar surface area (TPSA) is 61.5 Å². The van der Waals surface area contributed by atoms with Crippen molar-refractivity contribution in [3.05, 3.63) is 70.8 Å². The molecule has 0 spiro atoms. The van der Waals surface area contributed by atoms with E-state index >= 15 is 0 Å². The van der Waals surface area contributed by atoms with Gasteiger partial charge in [-0.25, -0.2) is 0 Å². The molecule has 0 aliphatic rings. The first-order valence-corrected chi connectivity index (χ1v) is 13.6. The average molecular weight is 548 g/mol. The van der Waals surface area contributed by atoms with Crippen LogP contribution >= 0.6 is 0 Å². The number of halogens is 3. The number of benzene rings is 2. The molecule has 4 nitrogen and oxygen atoms in total. The van der Waals surface area contributed by atoms with Gasteiger partial charge in [0.2, 0.25) is 0 Å². The summed E-state index contributed by atoms with van der Waals surface area (Å²) in [5.41, 5.74) is 7.78. The lowest BCUT2D eigenvalue weighted by molar-refractivity contribution is -0.138. The second-order valence-electron chi connectivity index (χ2n) is 9.36. The van der Waals surface area contributed by atoms with Crippen molar-refractivity contribution in [2.45, 2.75) is 78.8 Å². The van der Waals surface area contributed by atoms with Crippen molar-refractivity contribution in [3.8, 4) is 5.75 Å². The third-order valence-corrected chi connectivity index (χ3v) is 6.50. The van der Waals surface area contributed by atoms with Crippen LogP contribution in [0.15, 0.2) is 43.0 Å². The molecule has 0 fully saturated rings. The first-order valence-electron chi connectivity index (χ1n) is 13.6. The maximum atomic E-state index is 14.7. The van der Waals surface area contributed by atoms with Gasteiger partial charge in [0.05, 0.1) is 25.8 Å². The zero-order chi connectivity index (χ0) is 29.6. The van der Waals surface area contributed by atoms with Crippen molar-refractivity contribution in [1.29, 1.82) is 0 Å². The second kappa shape index (κ2) is 16.8. The lowest BCUT2D eigenvalue weighted by atomic mass is 9.84. The normalized spacial score (nSPS) is 12.6. The minimum atomic E-state index is -4.52. The van der Waals surface area contributed by atoms with E-state index in [2.05, 4.69) is 25.2 Å². The molecule has 0 radical (unpaired) electrons. The SMILES string of the molecule is C=Cc1ccccc1/C(=C(\CCCC)c1ccc(C)c(C(C)CC)c1OCCC)C(F)(F)F.COC(=O)CN. The molecule has 0 aromatic heterocycles. The number of methoxy groups -OCH3 is 1. The zero-order valence-corrected chi connectivity index (χ0v) is 24.2. The summed E-state index contributed by atoms with van der Waals surface area (Å²) in [6.07, 6.45) is 0.414. The molecule has 1 unspecified atom stereocenters. The number of carbonyl (C=O) groups is 1. The summed E-state index contributed by atoms with van der Waals surface area (Å²) in [5.74, 6) is 0.407. The Morgan fingerprint density at radius 2 is 1.74 bits per heavy atom. The van der Waals surface area contributed by atoms with Crippen LogP contribution in [0.25, 0.3) is 17.2 Å². The fourth-order valence-corrected chi connectivity index (χ4v) is 4.33. The first-order chi connectivity index (χ1) is 18.5. The summed E-state index contributed by atoms with van der Waals surface area (Å²) < 4.78 is 54.6. The summed E-state index contributed by atoms with van der Waals surface area (Å²) in [4.78, 5) is 9.83. The summed E-state index contributed by atoms with van der Waals surface area (Å²) in [5, 5.41) is 0. The van der Waals surface area contributed by atoms with Gasteiger partial charge in [-0.3, -0.25) is 4.79 Å². The van der Waals surface area contributed by atoms with Gasteiger partial charge in [-0.05, 0) is 60.8 Å². The number of unbranched alkanes of at least 4 members (excludes halogenated alkanes) is 1. The predicted octanol–water partition coefficient (Wildman–Crippen LogP) is 8.72. The Hall–Kier alpha value is -3.06. The Morgan fingerprint density at radius 1 is 1.08 bits per heavy atom. The van der Waals surface area contributed by atoms with E-state index < -0.39 is 11.7 Å². The van der Waals surface area contributed by atoms with Gasteiger partial charge in [0.1, 0.15) is 5.75 Å². The summed E-state index contributed by atoms with van der Waals surface area (Å²) in [6, 6.07) is 10.4. The van der Waals surface area contributed by atoms with E-state index in [1.165, 1.54) is 13.2 Å². The van der Waals surface area contributed by atoms with Crippen molar-refractivity contribution in [2.75, 3.05) is 20.3 Å². The molecule has 2 rings (SSSR count). The number of rotatable bonds is 12. The fourth-order valence-electron chi connectivity index (χ4n) is 4.33.